The standard InChI is InChI=1S/C39H52N10O13/c1-19-9-12-48(26(52)8-11-40)16-23(19)47(3)34-22-10-13-49(35(22)44-18-43-34)39(57)46-25-7-6-21(14-41-25)15-42-36(56)33-32(58-4)29(54)30(55)38(62-33)61-31-27(45-20(2)51)37(59-5)60-24(17-50)28(31)53/h6-7,10,13-14,18-19,23-24,27-33,37-38,50,53-55H,8-9,12,15-17H2,1-5H3,(H,42,56)(H,45,51)(H,41,46,57)/t19-,23+,24?,27?,28-,29-,30?,31-,32+,33?,37-,38-/m1/s1. The van der Waals surface area contributed by atoms with Gasteiger partial charge in [0.25, 0.3) is 5.91 Å². The molecule has 3 fully saturated rings. The number of carbonyl (C=O) groups is 4. The number of aliphatic hydroxyl groups excluding tert-OH is 4. The van der Waals surface area contributed by atoms with Crippen LogP contribution in [0.25, 0.3) is 11.0 Å². The molecule has 12 atom stereocenters. The summed E-state index contributed by atoms with van der Waals surface area (Å²) in [6, 6.07) is 4.98. The molecule has 62 heavy (non-hydrogen) atoms. The Morgan fingerprint density at radius 3 is 2.45 bits per heavy atom. The summed E-state index contributed by atoms with van der Waals surface area (Å²) in [5.41, 5.74) is 0.851. The smallest absolute Gasteiger partial charge is 0.332 e. The Kier molecular flexibility index (Phi) is 15.0. The molecule has 0 aromatic carbocycles. The van der Waals surface area contributed by atoms with Crippen molar-refractivity contribution < 1.29 is 63.3 Å². The van der Waals surface area contributed by atoms with Crippen molar-refractivity contribution in [2.75, 3.05) is 51.2 Å². The van der Waals surface area contributed by atoms with Crippen molar-refractivity contribution in [3.05, 3.63) is 42.5 Å². The molecule has 0 bridgehead atoms. The van der Waals surface area contributed by atoms with Crippen LogP contribution in [0.15, 0.2) is 36.9 Å². The molecule has 23 nitrogen and oxygen atoms in total. The highest BCUT2D eigenvalue weighted by atomic mass is 16.7. The Hall–Kier alpha value is -5.42. The largest absolute Gasteiger partial charge is 0.394 e. The van der Waals surface area contributed by atoms with Crippen molar-refractivity contribution in [1.29, 1.82) is 5.26 Å². The molecule has 336 valence electrons. The SMILES string of the molecule is CO[C@@H]1OC(CO)[C@@H](O)[C@H](O[C@@H]2OC(C(=O)NCc3ccc(NC(=O)n4ccc5c(N(C)[C@H]6CN(C(=O)CC#N)CC[C@H]6C)ncnc54)nc3)[C@@H](OC)[C@H](O)C2O)C1NC(C)=O. The number of nitrogens with one attached hydrogen (secondary N) is 3. The van der Waals surface area contributed by atoms with Gasteiger partial charge in [0.2, 0.25) is 11.8 Å². The molecule has 6 rings (SSSR count). The normalized spacial score (nSPS) is 30.0. The first-order valence-electron chi connectivity index (χ1n) is 19.9. The van der Waals surface area contributed by atoms with E-state index < -0.39 is 85.8 Å². The van der Waals surface area contributed by atoms with Gasteiger partial charge in [-0.05, 0) is 30.0 Å². The molecule has 0 aliphatic carbocycles. The van der Waals surface area contributed by atoms with E-state index in [2.05, 4.69) is 37.8 Å². The predicted octanol–water partition coefficient (Wildman–Crippen LogP) is -1.81. The number of hydrogen-bond donors (Lipinski definition) is 7. The summed E-state index contributed by atoms with van der Waals surface area (Å²) in [6.07, 6.45) is -8.61. The number of nitrogens with zero attached hydrogens (tertiary/aromatic N) is 7. The van der Waals surface area contributed by atoms with Gasteiger partial charge in [0.1, 0.15) is 67.0 Å². The number of likely N-dealkylation sites (N-methyl/N-ethyl adjacent to an activating group) is 1. The summed E-state index contributed by atoms with van der Waals surface area (Å²) in [6.45, 7) is 3.57. The molecule has 0 radical (unpaired) electrons. The number of aliphatic hydroxyl groups is 4. The average Bonchev–Trinajstić information content (AvgIpc) is 3.71. The number of amides is 4. The lowest BCUT2D eigenvalue weighted by Crippen LogP contribution is -2.68. The first kappa shape index (κ1) is 46.1. The molecule has 23 heteroatoms. The maximum atomic E-state index is 13.5. The lowest BCUT2D eigenvalue weighted by atomic mass is 9.92. The minimum Gasteiger partial charge on any atom is -0.394 e. The Morgan fingerprint density at radius 2 is 1.79 bits per heavy atom. The lowest BCUT2D eigenvalue weighted by Gasteiger charge is -2.47. The molecule has 0 spiro atoms. The fraction of sp³-hybridized carbons (Fsp3) is 0.590. The third kappa shape index (κ3) is 9.78. The van der Waals surface area contributed by atoms with Gasteiger partial charge in [-0.2, -0.15) is 5.26 Å². The average molecular weight is 869 g/mol. The number of piperidine rings is 1. The molecule has 3 aliphatic heterocycles. The van der Waals surface area contributed by atoms with Gasteiger partial charge in [0.15, 0.2) is 24.3 Å². The van der Waals surface area contributed by atoms with Gasteiger partial charge in [-0.15, -0.1) is 0 Å². The summed E-state index contributed by atoms with van der Waals surface area (Å²) < 4.78 is 29.2. The molecular weight excluding hydrogens is 816 g/mol. The zero-order chi connectivity index (χ0) is 44.8. The quantitative estimate of drug-likeness (QED) is 0.0995. The highest BCUT2D eigenvalue weighted by Gasteiger charge is 2.53. The van der Waals surface area contributed by atoms with Crippen molar-refractivity contribution in [2.45, 2.75) is 101 Å². The number of hydrogen-bond acceptors (Lipinski definition) is 18. The molecular formula is C39H52N10O13. The van der Waals surface area contributed by atoms with Gasteiger partial charge in [-0.25, -0.2) is 19.7 Å². The van der Waals surface area contributed by atoms with Crippen LogP contribution in [0.5, 0.6) is 0 Å². The first-order chi connectivity index (χ1) is 29.7. The van der Waals surface area contributed by atoms with Crippen LogP contribution in [0, 0.1) is 17.2 Å². The Labute approximate surface area is 355 Å². The van der Waals surface area contributed by atoms with Gasteiger partial charge in [0, 0.05) is 60.2 Å². The van der Waals surface area contributed by atoms with Gasteiger partial charge in [0.05, 0.1) is 24.1 Å². The molecule has 6 heterocycles. The van der Waals surface area contributed by atoms with E-state index in [1.165, 1.54) is 44.3 Å². The van der Waals surface area contributed by atoms with Crippen molar-refractivity contribution in [1.82, 2.24) is 35.1 Å². The van der Waals surface area contributed by atoms with Crippen LogP contribution >= 0.6 is 0 Å². The highest BCUT2D eigenvalue weighted by molar-refractivity contribution is 5.99. The topological polar surface area (TPSA) is 305 Å². The van der Waals surface area contributed by atoms with Crippen LogP contribution in [-0.4, -0.2) is 177 Å². The fourth-order valence-electron chi connectivity index (χ4n) is 7.96. The van der Waals surface area contributed by atoms with E-state index in [9.17, 15) is 39.6 Å². The number of methoxy groups -OCH3 is 2. The van der Waals surface area contributed by atoms with Crippen LogP contribution in [0.4, 0.5) is 16.4 Å². The second-order valence-corrected chi connectivity index (χ2v) is 15.3. The number of anilines is 2. The second kappa shape index (κ2) is 20.2. The van der Waals surface area contributed by atoms with Gasteiger partial charge < -0.3 is 64.5 Å². The minimum atomic E-state index is -1.79. The summed E-state index contributed by atoms with van der Waals surface area (Å²) in [5, 5.41) is 60.3. The van der Waals surface area contributed by atoms with E-state index in [-0.39, 0.29) is 36.7 Å². The van der Waals surface area contributed by atoms with Gasteiger partial charge in [-0.3, -0.25) is 24.3 Å². The monoisotopic (exact) mass is 868 g/mol. The number of nitriles is 1. The zero-order valence-corrected chi connectivity index (χ0v) is 34.7. The molecule has 3 aliphatic rings. The minimum absolute atomic E-state index is 0.0865. The van der Waals surface area contributed by atoms with E-state index in [4.69, 9.17) is 28.9 Å². The van der Waals surface area contributed by atoms with Crippen LogP contribution in [0.2, 0.25) is 0 Å². The van der Waals surface area contributed by atoms with Crippen molar-refractivity contribution >= 4 is 46.4 Å². The predicted molar refractivity (Wildman–Crippen MR) is 214 cm³/mol. The van der Waals surface area contributed by atoms with E-state index in [1.54, 1.807) is 23.2 Å². The molecule has 7 N–H and O–H groups in total. The Bertz CT molecular complexity index is 2100. The van der Waals surface area contributed by atoms with Crippen molar-refractivity contribution in [3.63, 3.8) is 0 Å². The number of pyridine rings is 1. The van der Waals surface area contributed by atoms with E-state index in [0.29, 0.717) is 35.5 Å². The van der Waals surface area contributed by atoms with E-state index in [0.717, 1.165) is 6.42 Å². The molecule has 0 saturated carbocycles. The summed E-state index contributed by atoms with van der Waals surface area (Å²) in [4.78, 5) is 68.4. The molecule has 3 aromatic rings. The molecule has 4 amide bonds. The van der Waals surface area contributed by atoms with Crippen LogP contribution in [0.1, 0.15) is 32.3 Å². The van der Waals surface area contributed by atoms with Crippen LogP contribution in [0.3, 0.4) is 0 Å². The van der Waals surface area contributed by atoms with Crippen LogP contribution in [-0.2, 0) is 44.6 Å². The first-order valence-corrected chi connectivity index (χ1v) is 19.9. The second-order valence-electron chi connectivity index (χ2n) is 15.3. The Balaban J connectivity index is 1.09. The Morgan fingerprint density at radius 1 is 1.02 bits per heavy atom. The van der Waals surface area contributed by atoms with E-state index in [1.807, 2.05) is 18.0 Å². The van der Waals surface area contributed by atoms with Gasteiger partial charge in [-0.1, -0.05) is 13.0 Å². The lowest BCUT2D eigenvalue weighted by molar-refractivity contribution is -0.338. The third-order valence-corrected chi connectivity index (χ3v) is 11.4. The van der Waals surface area contributed by atoms with Crippen molar-refractivity contribution in [2.24, 2.45) is 5.92 Å². The highest BCUT2D eigenvalue weighted by Crippen LogP contribution is 2.32. The third-order valence-electron chi connectivity index (χ3n) is 11.4. The van der Waals surface area contributed by atoms with Crippen molar-refractivity contribution in [3.8, 4) is 6.07 Å². The number of likely N-dealkylation sites (tertiary alicyclic amines) is 1. The number of fused-ring (bicyclic) bond motifs is 1. The number of rotatable bonds is 13. The van der Waals surface area contributed by atoms with E-state index >= 15 is 0 Å². The fourth-order valence-corrected chi connectivity index (χ4v) is 7.96. The summed E-state index contributed by atoms with van der Waals surface area (Å²) >= 11 is 0. The molecule has 4 unspecified atom stereocenters. The summed E-state index contributed by atoms with van der Waals surface area (Å²) in [5.74, 6) is -0.533. The maximum Gasteiger partial charge on any atom is 0.332 e. The van der Waals surface area contributed by atoms with Gasteiger partial charge >= 0.3 is 6.03 Å². The summed E-state index contributed by atoms with van der Waals surface area (Å²) in [7, 11) is 4.36. The van der Waals surface area contributed by atoms with Crippen LogP contribution < -0.4 is 20.9 Å². The molecule has 3 aromatic heterocycles. The zero-order valence-electron chi connectivity index (χ0n) is 34.7. The number of aromatic nitrogens is 4. The number of carbonyl (C=O) groups excluding carboxylic acids is 4. The number of ether oxygens (including phenoxy) is 5. The maximum absolute atomic E-state index is 13.5. The molecule has 3 saturated heterocycles.